The molecule has 17 heteroatoms. The summed E-state index contributed by atoms with van der Waals surface area (Å²) in [6.07, 6.45) is 0. The second-order valence-electron chi connectivity index (χ2n) is 6.89. The van der Waals surface area contributed by atoms with Gasteiger partial charge in [0.25, 0.3) is 10.1 Å². The molecule has 1 heterocycles. The second kappa shape index (κ2) is 10.7. The van der Waals surface area contributed by atoms with Gasteiger partial charge in [0, 0.05) is 17.4 Å². The van der Waals surface area contributed by atoms with Crippen molar-refractivity contribution in [2.24, 2.45) is 15.3 Å². The van der Waals surface area contributed by atoms with Gasteiger partial charge in [0.1, 0.15) is 15.8 Å². The zero-order valence-corrected chi connectivity index (χ0v) is 20.7. The third-order valence-corrected chi connectivity index (χ3v) is 6.26. The molecule has 1 amide bonds. The Morgan fingerprint density at radius 3 is 2.23 bits per heavy atom. The Morgan fingerprint density at radius 2 is 1.71 bits per heavy atom. The molecule has 14 nitrogen and oxygen atoms in total. The molecule has 0 aromatic heterocycles. The maximum atomic E-state index is 11.4. The van der Waals surface area contributed by atoms with Crippen LogP contribution in [0.4, 0.5) is 11.4 Å². The predicted octanol–water partition coefficient (Wildman–Crippen LogP) is 1.52. The summed E-state index contributed by atoms with van der Waals surface area (Å²) in [6, 6.07) is 4.88. The molecule has 0 saturated carbocycles. The van der Waals surface area contributed by atoms with Crippen molar-refractivity contribution in [3.05, 3.63) is 47.5 Å². The van der Waals surface area contributed by atoms with Crippen LogP contribution in [0, 0.1) is 6.92 Å². The first kappa shape index (κ1) is 30.0. The number of aromatic carboxylic acids is 1. The van der Waals surface area contributed by atoms with Crippen LogP contribution < -0.4 is 5.01 Å². The molecule has 2 aromatic rings. The van der Waals surface area contributed by atoms with Crippen molar-refractivity contribution in [3.63, 3.8) is 0 Å². The van der Waals surface area contributed by atoms with E-state index < -0.39 is 54.3 Å². The molecular formula is C18H17CrN4O10S2-. The SMILES string of the molecule is CC1=NN(c2ccc(S(=O)(=O)O)cc2C)C(=[OH+])C1N=Nc1cc(S(=O)(=O)[O-])ccc1C(=O)O.[Cr].[OH-]. The van der Waals surface area contributed by atoms with E-state index in [9.17, 15) is 36.1 Å². The van der Waals surface area contributed by atoms with Crippen molar-refractivity contribution in [1.82, 2.24) is 0 Å². The van der Waals surface area contributed by atoms with Crippen LogP contribution in [0.3, 0.4) is 0 Å². The summed E-state index contributed by atoms with van der Waals surface area (Å²) in [5, 5.41) is 22.0. The van der Waals surface area contributed by atoms with E-state index in [4.69, 9.17) is 4.55 Å². The molecule has 0 aliphatic carbocycles. The maximum Gasteiger partial charge on any atom is 0.449 e. The molecule has 1 aliphatic rings. The Kier molecular flexibility index (Phi) is 9.17. The molecule has 4 N–H and O–H groups in total. The van der Waals surface area contributed by atoms with Gasteiger partial charge in [0.15, 0.2) is 0 Å². The number of hydrazone groups is 1. The fraction of sp³-hybridized carbons (Fsp3) is 0.167. The molecule has 188 valence electrons. The number of aryl methyl sites for hydroxylation is 1. The van der Waals surface area contributed by atoms with Crippen molar-refractivity contribution < 1.29 is 63.5 Å². The van der Waals surface area contributed by atoms with Gasteiger partial charge in [-0.2, -0.15) is 28.8 Å². The van der Waals surface area contributed by atoms with Gasteiger partial charge in [0.05, 0.1) is 26.8 Å². The number of hydrogen-bond acceptors (Lipinski definition) is 10. The molecule has 3 rings (SSSR count). The summed E-state index contributed by atoms with van der Waals surface area (Å²) in [5.41, 5.74) is -0.0205. The molecule has 1 aliphatic heterocycles. The number of carboxylic acids is 1. The monoisotopic (exact) mass is 565 g/mol. The van der Waals surface area contributed by atoms with Gasteiger partial charge in [-0.3, -0.25) is 9.35 Å². The third kappa shape index (κ3) is 6.35. The van der Waals surface area contributed by atoms with Crippen LogP contribution in [-0.4, -0.2) is 64.9 Å². The Balaban J connectivity index is 0.00000306. The molecule has 2 aromatic carbocycles. The number of carbonyl (C=O) groups is 1. The number of amides is 1. The molecule has 0 fully saturated rings. The minimum atomic E-state index is -4.88. The summed E-state index contributed by atoms with van der Waals surface area (Å²) in [5.74, 6) is -1.90. The standard InChI is InChI=1S/C18H16N4O9S2.Cr.H2O/c1-9-7-11(32(26,27)28)4-6-15(9)22-17(23)16(10(2)21-22)20-19-14-8-12(33(29,30)31)3-5-13(14)18(24)25;;/h3-8,16H,1-2H3,(H,24,25)(H,26,27,28)(H,29,30,31);;1H2/p-1. The molecule has 1 unspecified atom stereocenters. The maximum absolute atomic E-state index is 11.4. The number of carbonyl (C=O) groups excluding carboxylic acids is 1. The molecule has 0 bridgehead atoms. The van der Waals surface area contributed by atoms with Gasteiger partial charge >= 0.3 is 11.9 Å². The van der Waals surface area contributed by atoms with Crippen LogP contribution >= 0.6 is 0 Å². The average molecular weight is 565 g/mol. The van der Waals surface area contributed by atoms with Crippen LogP contribution in [0.25, 0.3) is 0 Å². The van der Waals surface area contributed by atoms with E-state index in [1.807, 2.05) is 0 Å². The fourth-order valence-electron chi connectivity index (χ4n) is 2.96. The van der Waals surface area contributed by atoms with Crippen LogP contribution in [0.5, 0.6) is 0 Å². The number of benzene rings is 2. The number of carboxylic acid groups (broad SMARTS) is 1. The summed E-state index contributed by atoms with van der Waals surface area (Å²) in [4.78, 5) is 21.0. The van der Waals surface area contributed by atoms with Crippen molar-refractivity contribution >= 4 is 49.2 Å². The van der Waals surface area contributed by atoms with Crippen molar-refractivity contribution in [2.45, 2.75) is 29.7 Å². The normalized spacial score (nSPS) is 16.0. The predicted molar refractivity (Wildman–Crippen MR) is 115 cm³/mol. The van der Waals surface area contributed by atoms with Crippen molar-refractivity contribution in [3.8, 4) is 0 Å². The third-order valence-electron chi connectivity index (χ3n) is 4.58. The minimum absolute atomic E-state index is 0. The first-order valence-electron chi connectivity index (χ1n) is 8.93. The Bertz CT molecular complexity index is 1460. The van der Waals surface area contributed by atoms with Crippen molar-refractivity contribution in [1.29, 1.82) is 0 Å². The van der Waals surface area contributed by atoms with Crippen molar-refractivity contribution in [2.75, 3.05) is 5.01 Å². The van der Waals surface area contributed by atoms with Crippen LogP contribution in [-0.2, 0) is 37.6 Å². The van der Waals surface area contributed by atoms with E-state index in [1.54, 1.807) is 0 Å². The fourth-order valence-corrected chi connectivity index (χ4v) is 4.01. The first-order chi connectivity index (χ1) is 15.2. The van der Waals surface area contributed by atoms with E-state index in [1.165, 1.54) is 26.0 Å². The van der Waals surface area contributed by atoms with Gasteiger partial charge in [-0.05, 0) is 55.8 Å². The van der Waals surface area contributed by atoms with Gasteiger partial charge in [0.2, 0.25) is 6.04 Å². The van der Waals surface area contributed by atoms with E-state index in [-0.39, 0.29) is 39.1 Å². The first-order valence-corrected chi connectivity index (χ1v) is 11.8. The number of hydrogen-bond donors (Lipinski definition) is 2. The smallest absolute Gasteiger partial charge is 0.449 e. The Morgan fingerprint density at radius 1 is 1.11 bits per heavy atom. The summed E-state index contributed by atoms with van der Waals surface area (Å²) in [6.45, 7) is 3.00. The second-order valence-corrected chi connectivity index (χ2v) is 9.69. The Hall–Kier alpha value is -3.04. The average Bonchev–Trinajstić information content (AvgIpc) is 2.98. The summed E-state index contributed by atoms with van der Waals surface area (Å²) in [7, 11) is -9.32. The van der Waals surface area contributed by atoms with E-state index >= 15 is 0 Å². The van der Waals surface area contributed by atoms with E-state index in [2.05, 4.69) is 15.3 Å². The summed E-state index contributed by atoms with van der Waals surface area (Å²) < 4.78 is 65.5. The largest absolute Gasteiger partial charge is 0.870 e. The van der Waals surface area contributed by atoms with Crippen LogP contribution in [0.15, 0.2) is 61.5 Å². The zero-order valence-electron chi connectivity index (χ0n) is 17.8. The molecule has 1 atom stereocenters. The molecule has 35 heavy (non-hydrogen) atoms. The van der Waals surface area contributed by atoms with Gasteiger partial charge in [-0.1, -0.05) is 0 Å². The van der Waals surface area contributed by atoms with E-state index in [0.717, 1.165) is 29.3 Å². The van der Waals surface area contributed by atoms with Gasteiger partial charge in [-0.25, -0.2) is 13.2 Å². The molecule has 0 spiro atoms. The van der Waals surface area contributed by atoms with E-state index in [0.29, 0.717) is 5.56 Å². The van der Waals surface area contributed by atoms with Gasteiger partial charge < -0.3 is 15.1 Å². The quantitative estimate of drug-likeness (QED) is 0.292. The van der Waals surface area contributed by atoms with Gasteiger partial charge in [-0.15, -0.1) is 0 Å². The molecule has 0 saturated heterocycles. The molecular weight excluding hydrogens is 548 g/mol. The number of rotatable bonds is 6. The molecule has 0 radical (unpaired) electrons. The van der Waals surface area contributed by atoms with Crippen LogP contribution in [0.1, 0.15) is 22.8 Å². The summed E-state index contributed by atoms with van der Waals surface area (Å²) >= 11 is 0. The Labute approximate surface area is 209 Å². The number of anilines is 1. The number of nitrogens with zero attached hydrogens (tertiary/aromatic N) is 4. The minimum Gasteiger partial charge on any atom is -0.870 e. The number of azo groups is 1. The zero-order chi connectivity index (χ0) is 24.7. The van der Waals surface area contributed by atoms with Crippen LogP contribution in [0.2, 0.25) is 0 Å². The topological polar surface area (TPSA) is 241 Å².